The Hall–Kier alpha value is -2.05. The summed E-state index contributed by atoms with van der Waals surface area (Å²) >= 11 is 0. The standard InChI is InChI=1S/C21H27F3N2O2/c1-3-26(4-2)18-9-8-16(21(22,23)24)12-17(18)25-20(28)15-10-13-6-5-7-14(11-15)19(13)27/h8-9,12-15H,3-7,10-11H2,1-2H3,(H,25,28). The Morgan fingerprint density at radius 3 is 2.29 bits per heavy atom. The van der Waals surface area contributed by atoms with Gasteiger partial charge in [-0.3, -0.25) is 9.59 Å². The molecule has 1 aromatic carbocycles. The summed E-state index contributed by atoms with van der Waals surface area (Å²) in [5.41, 5.74) is -0.0154. The van der Waals surface area contributed by atoms with Gasteiger partial charge in [0.1, 0.15) is 5.78 Å². The summed E-state index contributed by atoms with van der Waals surface area (Å²) in [5, 5.41) is 2.75. The number of rotatable bonds is 5. The molecule has 0 aliphatic heterocycles. The zero-order valence-electron chi connectivity index (χ0n) is 16.3. The number of hydrogen-bond acceptors (Lipinski definition) is 3. The van der Waals surface area contributed by atoms with E-state index in [9.17, 15) is 22.8 Å². The number of carbonyl (C=O) groups is 2. The van der Waals surface area contributed by atoms with Gasteiger partial charge in [0.05, 0.1) is 16.9 Å². The Bertz CT molecular complexity index is 728. The maximum Gasteiger partial charge on any atom is 0.416 e. The SMILES string of the molecule is CCN(CC)c1ccc(C(F)(F)F)cc1NC(=O)C1CC2CCCC(C1)C2=O. The summed E-state index contributed by atoms with van der Waals surface area (Å²) in [6, 6.07) is 3.48. The molecule has 2 aliphatic carbocycles. The number of hydrogen-bond donors (Lipinski definition) is 1. The van der Waals surface area contributed by atoms with Crippen molar-refractivity contribution in [2.75, 3.05) is 23.3 Å². The molecule has 28 heavy (non-hydrogen) atoms. The van der Waals surface area contributed by atoms with Crippen molar-refractivity contribution in [2.45, 2.75) is 52.1 Å². The van der Waals surface area contributed by atoms with E-state index >= 15 is 0 Å². The van der Waals surface area contributed by atoms with Crippen LogP contribution in [0.15, 0.2) is 18.2 Å². The molecular weight excluding hydrogens is 369 g/mol. The van der Waals surface area contributed by atoms with Crippen LogP contribution in [0, 0.1) is 17.8 Å². The van der Waals surface area contributed by atoms with E-state index in [0.717, 1.165) is 31.4 Å². The number of Topliss-reactive ketones (excluding diaryl/α,β-unsaturated/α-hetero) is 1. The third kappa shape index (κ3) is 4.18. The van der Waals surface area contributed by atoms with Crippen molar-refractivity contribution in [3.05, 3.63) is 23.8 Å². The van der Waals surface area contributed by atoms with E-state index in [-0.39, 0.29) is 35.1 Å². The Balaban J connectivity index is 1.85. The summed E-state index contributed by atoms with van der Waals surface area (Å²) in [6.07, 6.45) is -0.840. The van der Waals surface area contributed by atoms with Gasteiger partial charge in [-0.05, 0) is 57.7 Å². The van der Waals surface area contributed by atoms with Gasteiger partial charge in [-0.15, -0.1) is 0 Å². The number of benzene rings is 1. The van der Waals surface area contributed by atoms with E-state index in [0.29, 0.717) is 31.6 Å². The van der Waals surface area contributed by atoms with Crippen LogP contribution in [-0.2, 0) is 15.8 Å². The summed E-state index contributed by atoms with van der Waals surface area (Å²) < 4.78 is 39.6. The lowest BCUT2D eigenvalue weighted by Gasteiger charge is -2.37. The number of anilines is 2. The molecule has 0 aromatic heterocycles. The Morgan fingerprint density at radius 1 is 1.14 bits per heavy atom. The molecule has 4 nitrogen and oxygen atoms in total. The van der Waals surface area contributed by atoms with E-state index in [2.05, 4.69) is 5.32 Å². The summed E-state index contributed by atoms with van der Waals surface area (Å²) in [7, 11) is 0. The van der Waals surface area contributed by atoms with E-state index < -0.39 is 11.7 Å². The minimum absolute atomic E-state index is 0.0768. The summed E-state index contributed by atoms with van der Waals surface area (Å²) in [6.45, 7) is 5.07. The first-order chi connectivity index (χ1) is 13.2. The van der Waals surface area contributed by atoms with Gasteiger partial charge in [0.25, 0.3) is 0 Å². The molecule has 1 amide bonds. The molecular formula is C21H27F3N2O2. The fraction of sp³-hybridized carbons (Fsp3) is 0.619. The van der Waals surface area contributed by atoms with Crippen molar-refractivity contribution in [1.29, 1.82) is 0 Å². The van der Waals surface area contributed by atoms with Gasteiger partial charge in [0, 0.05) is 30.8 Å². The Kier molecular flexibility index (Phi) is 6.01. The maximum absolute atomic E-state index is 13.2. The van der Waals surface area contributed by atoms with Crippen molar-refractivity contribution < 1.29 is 22.8 Å². The van der Waals surface area contributed by atoms with Crippen molar-refractivity contribution in [1.82, 2.24) is 0 Å². The van der Waals surface area contributed by atoms with Crippen LogP contribution in [0.1, 0.15) is 51.5 Å². The first-order valence-corrected chi connectivity index (χ1v) is 10.0. The number of fused-ring (bicyclic) bond motifs is 2. The van der Waals surface area contributed by atoms with Gasteiger partial charge in [-0.25, -0.2) is 0 Å². The van der Waals surface area contributed by atoms with Gasteiger partial charge in [0.2, 0.25) is 5.91 Å². The highest BCUT2D eigenvalue weighted by molar-refractivity contribution is 5.97. The third-order valence-electron chi connectivity index (χ3n) is 6.10. The van der Waals surface area contributed by atoms with Crippen LogP contribution in [0.4, 0.5) is 24.5 Å². The van der Waals surface area contributed by atoms with Crippen molar-refractivity contribution in [3.63, 3.8) is 0 Å². The smallest absolute Gasteiger partial charge is 0.370 e. The molecule has 2 saturated carbocycles. The fourth-order valence-corrected chi connectivity index (χ4v) is 4.58. The number of nitrogens with zero attached hydrogens (tertiary/aromatic N) is 1. The number of amides is 1. The highest BCUT2D eigenvalue weighted by atomic mass is 19.4. The monoisotopic (exact) mass is 396 g/mol. The molecule has 2 aliphatic rings. The zero-order chi connectivity index (χ0) is 20.5. The third-order valence-corrected chi connectivity index (χ3v) is 6.10. The molecule has 2 bridgehead atoms. The predicted octanol–water partition coefficient (Wildman–Crippen LogP) is 4.89. The number of ketones is 1. The average Bonchev–Trinajstić information content (AvgIpc) is 2.62. The van der Waals surface area contributed by atoms with Crippen LogP contribution in [0.3, 0.4) is 0 Å². The summed E-state index contributed by atoms with van der Waals surface area (Å²) in [4.78, 5) is 27.1. The lowest BCUT2D eigenvalue weighted by molar-refractivity contribution is -0.138. The number of nitrogens with one attached hydrogen (secondary N) is 1. The quantitative estimate of drug-likeness (QED) is 0.771. The minimum Gasteiger partial charge on any atom is -0.370 e. The van der Waals surface area contributed by atoms with Crippen LogP contribution < -0.4 is 10.2 Å². The molecule has 7 heteroatoms. The molecule has 3 rings (SSSR count). The zero-order valence-corrected chi connectivity index (χ0v) is 16.3. The van der Waals surface area contributed by atoms with Crippen molar-refractivity contribution >= 4 is 23.1 Å². The number of halogens is 3. The van der Waals surface area contributed by atoms with Crippen LogP contribution in [0.5, 0.6) is 0 Å². The molecule has 0 saturated heterocycles. The minimum atomic E-state index is -4.48. The molecule has 1 N–H and O–H groups in total. The molecule has 0 heterocycles. The molecule has 2 atom stereocenters. The summed E-state index contributed by atoms with van der Waals surface area (Å²) in [5.74, 6) is -0.499. The second-order valence-electron chi connectivity index (χ2n) is 7.79. The average molecular weight is 396 g/mol. The number of alkyl halides is 3. The first-order valence-electron chi connectivity index (χ1n) is 10.0. The van der Waals surface area contributed by atoms with Crippen LogP contribution in [0.25, 0.3) is 0 Å². The predicted molar refractivity (Wildman–Crippen MR) is 102 cm³/mol. The fourth-order valence-electron chi connectivity index (χ4n) is 4.58. The Labute approximate surface area is 163 Å². The highest BCUT2D eigenvalue weighted by Crippen LogP contribution is 2.41. The van der Waals surface area contributed by atoms with E-state index in [1.54, 1.807) is 0 Å². The van der Waals surface area contributed by atoms with Crippen molar-refractivity contribution in [3.8, 4) is 0 Å². The topological polar surface area (TPSA) is 49.4 Å². The van der Waals surface area contributed by atoms with E-state index in [4.69, 9.17) is 0 Å². The highest BCUT2D eigenvalue weighted by Gasteiger charge is 2.41. The molecule has 0 radical (unpaired) electrons. The van der Waals surface area contributed by atoms with Gasteiger partial charge in [-0.1, -0.05) is 6.42 Å². The van der Waals surface area contributed by atoms with E-state index in [1.807, 2.05) is 18.7 Å². The molecule has 0 spiro atoms. The van der Waals surface area contributed by atoms with Gasteiger partial charge in [0.15, 0.2) is 0 Å². The molecule has 154 valence electrons. The second kappa shape index (κ2) is 8.13. The first kappa shape index (κ1) is 20.7. The second-order valence-corrected chi connectivity index (χ2v) is 7.79. The molecule has 2 fully saturated rings. The number of carbonyl (C=O) groups excluding carboxylic acids is 2. The molecule has 1 aromatic rings. The maximum atomic E-state index is 13.2. The van der Waals surface area contributed by atoms with Crippen LogP contribution in [-0.4, -0.2) is 24.8 Å². The van der Waals surface area contributed by atoms with E-state index in [1.165, 1.54) is 6.07 Å². The lowest BCUT2D eigenvalue weighted by Crippen LogP contribution is -2.40. The van der Waals surface area contributed by atoms with Crippen LogP contribution >= 0.6 is 0 Å². The van der Waals surface area contributed by atoms with Crippen molar-refractivity contribution in [2.24, 2.45) is 17.8 Å². The lowest BCUT2D eigenvalue weighted by atomic mass is 9.67. The van der Waals surface area contributed by atoms with Gasteiger partial charge < -0.3 is 10.2 Å². The largest absolute Gasteiger partial charge is 0.416 e. The van der Waals surface area contributed by atoms with Gasteiger partial charge in [-0.2, -0.15) is 13.2 Å². The Morgan fingerprint density at radius 2 is 1.75 bits per heavy atom. The van der Waals surface area contributed by atoms with Gasteiger partial charge >= 0.3 is 6.18 Å². The normalized spacial score (nSPS) is 24.8. The van der Waals surface area contributed by atoms with Crippen LogP contribution in [0.2, 0.25) is 0 Å². The molecule has 2 unspecified atom stereocenters.